The van der Waals surface area contributed by atoms with Crippen LogP contribution in [0.15, 0.2) is 78.9 Å². The average molecular weight is 536 g/mol. The molecule has 1 aliphatic heterocycles. The van der Waals surface area contributed by atoms with Gasteiger partial charge in [0, 0.05) is 13.0 Å². The molecule has 0 radical (unpaired) electrons. The van der Waals surface area contributed by atoms with Crippen LogP contribution in [0.1, 0.15) is 48.8 Å². The standard InChI is InChI=1S/C32H41NO6/c1-35-27-16-12-25(13-17-27)32(24-10-6-5-7-11-24,26-14-18-28(36-2)19-15-26)38-23-30-29(34)22-31(39-30)37-21-9-4-3-8-20-33/h5-7,10-19,29-31,34H,3-4,8-9,20-23,33H2,1-2H3/t29-,30+,31+/m0/s1. The molecule has 4 rings (SSSR count). The Morgan fingerprint density at radius 3 is 1.92 bits per heavy atom. The quantitative estimate of drug-likeness (QED) is 0.208. The Hall–Kier alpha value is -2.94. The molecule has 3 N–H and O–H groups in total. The van der Waals surface area contributed by atoms with Crippen LogP contribution in [0.3, 0.4) is 0 Å². The lowest BCUT2D eigenvalue weighted by molar-refractivity contribution is -0.157. The average Bonchev–Trinajstić information content (AvgIpc) is 3.35. The van der Waals surface area contributed by atoms with Crippen LogP contribution in [-0.4, -0.2) is 57.6 Å². The monoisotopic (exact) mass is 535 g/mol. The summed E-state index contributed by atoms with van der Waals surface area (Å²) in [5.74, 6) is 1.51. The summed E-state index contributed by atoms with van der Waals surface area (Å²) in [4.78, 5) is 0. The molecule has 0 saturated carbocycles. The maximum Gasteiger partial charge on any atom is 0.160 e. The predicted octanol–water partition coefficient (Wildman–Crippen LogP) is 5.02. The molecular weight excluding hydrogens is 494 g/mol. The van der Waals surface area contributed by atoms with E-state index in [4.69, 9.17) is 29.4 Å². The molecule has 0 aromatic heterocycles. The summed E-state index contributed by atoms with van der Waals surface area (Å²) >= 11 is 0. The van der Waals surface area contributed by atoms with E-state index in [1.165, 1.54) is 0 Å². The molecule has 0 unspecified atom stereocenters. The molecule has 3 aromatic carbocycles. The van der Waals surface area contributed by atoms with Crippen molar-refractivity contribution >= 4 is 0 Å². The second-order valence-corrected chi connectivity index (χ2v) is 9.80. The highest BCUT2D eigenvalue weighted by Gasteiger charge is 2.41. The maximum atomic E-state index is 10.8. The highest BCUT2D eigenvalue weighted by atomic mass is 16.7. The van der Waals surface area contributed by atoms with Crippen LogP contribution >= 0.6 is 0 Å². The van der Waals surface area contributed by atoms with Crippen molar-refractivity contribution in [1.82, 2.24) is 0 Å². The molecule has 39 heavy (non-hydrogen) atoms. The molecule has 3 atom stereocenters. The molecule has 1 fully saturated rings. The lowest BCUT2D eigenvalue weighted by Gasteiger charge is -2.37. The van der Waals surface area contributed by atoms with Gasteiger partial charge in [-0.25, -0.2) is 0 Å². The Kier molecular flexibility index (Phi) is 10.8. The summed E-state index contributed by atoms with van der Waals surface area (Å²) in [6.07, 6.45) is 2.91. The number of aliphatic hydroxyl groups is 1. The lowest BCUT2D eigenvalue weighted by atomic mass is 9.80. The van der Waals surface area contributed by atoms with Gasteiger partial charge in [-0.05, 0) is 60.3 Å². The Morgan fingerprint density at radius 1 is 0.795 bits per heavy atom. The van der Waals surface area contributed by atoms with Crippen LogP contribution in [-0.2, 0) is 19.8 Å². The van der Waals surface area contributed by atoms with Crippen molar-refractivity contribution < 1.29 is 28.8 Å². The fourth-order valence-corrected chi connectivity index (χ4v) is 5.04. The second-order valence-electron chi connectivity index (χ2n) is 9.80. The minimum atomic E-state index is -0.967. The maximum absolute atomic E-state index is 10.8. The van der Waals surface area contributed by atoms with E-state index in [-0.39, 0.29) is 6.61 Å². The lowest BCUT2D eigenvalue weighted by Crippen LogP contribution is -2.38. The molecule has 7 heteroatoms. The van der Waals surface area contributed by atoms with Crippen LogP contribution in [0.2, 0.25) is 0 Å². The van der Waals surface area contributed by atoms with Gasteiger partial charge in [0.15, 0.2) is 6.29 Å². The van der Waals surface area contributed by atoms with Crippen molar-refractivity contribution in [3.63, 3.8) is 0 Å². The number of aliphatic hydroxyl groups excluding tert-OH is 1. The van der Waals surface area contributed by atoms with E-state index in [2.05, 4.69) is 12.1 Å². The van der Waals surface area contributed by atoms with Crippen LogP contribution < -0.4 is 15.2 Å². The van der Waals surface area contributed by atoms with E-state index in [0.717, 1.165) is 60.4 Å². The number of unbranched alkanes of at least 4 members (excludes halogenated alkanes) is 3. The van der Waals surface area contributed by atoms with Crippen LogP contribution in [0.4, 0.5) is 0 Å². The van der Waals surface area contributed by atoms with Crippen molar-refractivity contribution in [2.45, 2.75) is 56.2 Å². The van der Waals surface area contributed by atoms with E-state index in [9.17, 15) is 5.11 Å². The molecule has 0 amide bonds. The third-order valence-corrected chi connectivity index (χ3v) is 7.23. The zero-order valence-corrected chi connectivity index (χ0v) is 23.0. The molecule has 0 spiro atoms. The zero-order valence-electron chi connectivity index (χ0n) is 23.0. The molecule has 0 bridgehead atoms. The molecule has 1 saturated heterocycles. The van der Waals surface area contributed by atoms with Gasteiger partial charge < -0.3 is 34.5 Å². The molecule has 1 aliphatic rings. The van der Waals surface area contributed by atoms with E-state index < -0.39 is 24.1 Å². The fourth-order valence-electron chi connectivity index (χ4n) is 5.04. The highest BCUT2D eigenvalue weighted by molar-refractivity contribution is 5.49. The molecule has 3 aromatic rings. The van der Waals surface area contributed by atoms with Gasteiger partial charge in [0.25, 0.3) is 0 Å². The van der Waals surface area contributed by atoms with Gasteiger partial charge in [0.05, 0.1) is 26.9 Å². The Labute approximate surface area is 231 Å². The molecule has 210 valence electrons. The predicted molar refractivity (Wildman–Crippen MR) is 151 cm³/mol. The van der Waals surface area contributed by atoms with Gasteiger partial charge in [0.1, 0.15) is 23.2 Å². The minimum absolute atomic E-state index is 0.171. The molecule has 1 heterocycles. The first-order valence-corrected chi connectivity index (χ1v) is 13.7. The van der Waals surface area contributed by atoms with Crippen molar-refractivity contribution in [2.75, 3.05) is 34.0 Å². The second kappa shape index (κ2) is 14.4. The van der Waals surface area contributed by atoms with E-state index in [1.54, 1.807) is 14.2 Å². The van der Waals surface area contributed by atoms with Crippen LogP contribution in [0.5, 0.6) is 11.5 Å². The normalized spacial score (nSPS) is 19.2. The van der Waals surface area contributed by atoms with Gasteiger partial charge in [-0.15, -0.1) is 0 Å². The van der Waals surface area contributed by atoms with E-state index >= 15 is 0 Å². The van der Waals surface area contributed by atoms with Gasteiger partial charge in [-0.1, -0.05) is 67.4 Å². The van der Waals surface area contributed by atoms with Crippen LogP contribution in [0, 0.1) is 0 Å². The summed E-state index contributed by atoms with van der Waals surface area (Å²) in [7, 11) is 3.30. The number of hydrogen-bond donors (Lipinski definition) is 2. The smallest absolute Gasteiger partial charge is 0.160 e. The fraction of sp³-hybridized carbons (Fsp3) is 0.438. The first kappa shape index (κ1) is 29.1. The van der Waals surface area contributed by atoms with Gasteiger partial charge in [0.2, 0.25) is 0 Å². The molecule has 0 aliphatic carbocycles. The Morgan fingerprint density at radius 2 is 1.36 bits per heavy atom. The zero-order chi connectivity index (χ0) is 27.5. The summed E-state index contributed by atoms with van der Waals surface area (Å²) in [5.41, 5.74) is 7.41. The van der Waals surface area contributed by atoms with Crippen molar-refractivity contribution in [3.05, 3.63) is 95.6 Å². The number of rotatable bonds is 15. The van der Waals surface area contributed by atoms with Crippen molar-refractivity contribution in [1.29, 1.82) is 0 Å². The minimum Gasteiger partial charge on any atom is -0.497 e. The van der Waals surface area contributed by atoms with Crippen LogP contribution in [0.25, 0.3) is 0 Å². The summed E-state index contributed by atoms with van der Waals surface area (Å²) < 4.78 is 29.8. The number of ether oxygens (including phenoxy) is 5. The number of benzene rings is 3. The first-order chi connectivity index (χ1) is 19.1. The highest BCUT2D eigenvalue weighted by Crippen LogP contribution is 2.42. The first-order valence-electron chi connectivity index (χ1n) is 13.7. The number of nitrogens with two attached hydrogens (primary N) is 1. The van der Waals surface area contributed by atoms with E-state index in [1.807, 2.05) is 66.7 Å². The Balaban J connectivity index is 1.58. The topological polar surface area (TPSA) is 92.4 Å². The van der Waals surface area contributed by atoms with Gasteiger partial charge in [-0.2, -0.15) is 0 Å². The third-order valence-electron chi connectivity index (χ3n) is 7.23. The molecule has 7 nitrogen and oxygen atoms in total. The number of methoxy groups -OCH3 is 2. The van der Waals surface area contributed by atoms with Gasteiger partial charge in [-0.3, -0.25) is 0 Å². The SMILES string of the molecule is COc1ccc(C(OC[C@H]2O[C@@H](OCCCCCCN)C[C@@H]2O)(c2ccccc2)c2ccc(OC)cc2)cc1. The van der Waals surface area contributed by atoms with Crippen molar-refractivity contribution in [2.24, 2.45) is 5.73 Å². The summed E-state index contributed by atoms with van der Waals surface area (Å²) in [6.45, 7) is 1.49. The Bertz CT molecular complexity index is 1060. The molecular formula is C32H41NO6. The largest absolute Gasteiger partial charge is 0.497 e. The van der Waals surface area contributed by atoms with E-state index in [0.29, 0.717) is 13.0 Å². The van der Waals surface area contributed by atoms with Crippen molar-refractivity contribution in [3.8, 4) is 11.5 Å². The van der Waals surface area contributed by atoms with Gasteiger partial charge >= 0.3 is 0 Å². The summed E-state index contributed by atoms with van der Waals surface area (Å²) in [5, 5.41) is 10.8. The third kappa shape index (κ3) is 7.18. The summed E-state index contributed by atoms with van der Waals surface area (Å²) in [6, 6.07) is 25.9. The number of hydrogen-bond acceptors (Lipinski definition) is 7.